The van der Waals surface area contributed by atoms with Gasteiger partial charge in [0, 0.05) is 10.7 Å². The van der Waals surface area contributed by atoms with Gasteiger partial charge in [0.25, 0.3) is 0 Å². The molecule has 2 fully saturated rings. The molecule has 0 aromatic heterocycles. The number of alkyl halides is 2. The SMILES string of the molecule is C[C@@]12CC[C@H]([C@@H](Br)C1=O)[C@@]2(C)CBr. The van der Waals surface area contributed by atoms with Crippen molar-refractivity contribution in [1.82, 2.24) is 0 Å². The Hall–Kier alpha value is 0.630. The summed E-state index contributed by atoms with van der Waals surface area (Å²) in [7, 11) is 0. The Kier molecular flexibility index (Phi) is 2.20. The summed E-state index contributed by atoms with van der Waals surface area (Å²) in [6.07, 6.45) is 2.26. The fourth-order valence-corrected chi connectivity index (χ4v) is 5.45. The lowest BCUT2D eigenvalue weighted by Crippen LogP contribution is -2.36. The summed E-state index contributed by atoms with van der Waals surface area (Å²) in [5.41, 5.74) is 0.0770. The van der Waals surface area contributed by atoms with E-state index >= 15 is 0 Å². The van der Waals surface area contributed by atoms with Crippen molar-refractivity contribution in [1.29, 1.82) is 0 Å². The van der Waals surface area contributed by atoms with Crippen molar-refractivity contribution < 1.29 is 4.79 Å². The highest BCUT2D eigenvalue weighted by Crippen LogP contribution is 2.65. The zero-order valence-electron chi connectivity index (χ0n) is 7.94. The Morgan fingerprint density at radius 2 is 2.15 bits per heavy atom. The molecule has 0 radical (unpaired) electrons. The Bertz CT molecular complexity index is 266. The van der Waals surface area contributed by atoms with Gasteiger partial charge in [-0.3, -0.25) is 4.79 Å². The average Bonchev–Trinajstić information content (AvgIpc) is 2.44. The van der Waals surface area contributed by atoms with Crippen molar-refractivity contribution in [3.63, 3.8) is 0 Å². The summed E-state index contributed by atoms with van der Waals surface area (Å²) >= 11 is 7.11. The molecular weight excluding hydrogens is 296 g/mol. The van der Waals surface area contributed by atoms with Gasteiger partial charge in [-0.15, -0.1) is 0 Å². The van der Waals surface area contributed by atoms with Gasteiger partial charge >= 0.3 is 0 Å². The number of carbonyl (C=O) groups excluding carboxylic acids is 1. The minimum Gasteiger partial charge on any atom is -0.298 e. The molecule has 2 aliphatic carbocycles. The Balaban J connectivity index is 2.49. The van der Waals surface area contributed by atoms with Gasteiger partial charge in [0.15, 0.2) is 5.78 Å². The number of rotatable bonds is 1. The van der Waals surface area contributed by atoms with E-state index in [1.807, 2.05) is 0 Å². The third kappa shape index (κ3) is 0.956. The summed E-state index contributed by atoms with van der Waals surface area (Å²) in [5.74, 6) is 0.954. The molecule has 1 nitrogen and oxygen atoms in total. The molecule has 13 heavy (non-hydrogen) atoms. The van der Waals surface area contributed by atoms with Gasteiger partial charge < -0.3 is 0 Å². The number of carbonyl (C=O) groups is 1. The topological polar surface area (TPSA) is 17.1 Å². The van der Waals surface area contributed by atoms with E-state index in [2.05, 4.69) is 45.7 Å². The Labute approximate surface area is 95.9 Å². The van der Waals surface area contributed by atoms with Crippen molar-refractivity contribution in [2.24, 2.45) is 16.7 Å². The molecule has 4 atom stereocenters. The van der Waals surface area contributed by atoms with E-state index in [0.29, 0.717) is 11.7 Å². The zero-order chi connectivity index (χ0) is 9.85. The van der Waals surface area contributed by atoms with Gasteiger partial charge in [-0.2, -0.15) is 0 Å². The highest BCUT2D eigenvalue weighted by Gasteiger charge is 2.67. The molecule has 0 aliphatic heterocycles. The van der Waals surface area contributed by atoms with Gasteiger partial charge in [-0.25, -0.2) is 0 Å². The standard InChI is InChI=1S/C10H14Br2O/c1-9-4-3-6(7(12)8(9)13)10(9,2)5-11/h6-7H,3-5H2,1-2H3/t6-,7-,9-,10-/m1/s1. The first-order chi connectivity index (χ1) is 5.97. The fraction of sp³-hybridized carbons (Fsp3) is 0.900. The lowest BCUT2D eigenvalue weighted by molar-refractivity contribution is -0.127. The van der Waals surface area contributed by atoms with Gasteiger partial charge in [0.1, 0.15) is 0 Å². The Morgan fingerprint density at radius 1 is 1.54 bits per heavy atom. The monoisotopic (exact) mass is 308 g/mol. The summed E-state index contributed by atoms with van der Waals surface area (Å²) < 4.78 is 0. The van der Waals surface area contributed by atoms with E-state index in [4.69, 9.17) is 0 Å². The predicted molar refractivity (Wildman–Crippen MR) is 60.5 cm³/mol. The second-order valence-electron chi connectivity index (χ2n) is 4.79. The molecule has 0 spiro atoms. The van der Waals surface area contributed by atoms with Crippen LogP contribution in [0.4, 0.5) is 0 Å². The highest BCUT2D eigenvalue weighted by molar-refractivity contribution is 9.10. The number of hydrogen-bond donors (Lipinski definition) is 0. The van der Waals surface area contributed by atoms with Gasteiger partial charge in [0.2, 0.25) is 0 Å². The first-order valence-corrected chi connectivity index (χ1v) is 6.75. The first-order valence-electron chi connectivity index (χ1n) is 4.72. The molecule has 0 unspecified atom stereocenters. The minimum atomic E-state index is -0.0880. The van der Waals surface area contributed by atoms with E-state index in [0.717, 1.165) is 11.8 Å². The fourth-order valence-electron chi connectivity index (χ4n) is 3.07. The lowest BCUT2D eigenvalue weighted by atomic mass is 9.70. The van der Waals surface area contributed by atoms with Crippen molar-refractivity contribution in [2.75, 3.05) is 5.33 Å². The van der Waals surface area contributed by atoms with Gasteiger partial charge in [0.05, 0.1) is 4.83 Å². The normalized spacial score (nSPS) is 54.6. The van der Waals surface area contributed by atoms with Crippen molar-refractivity contribution in [2.45, 2.75) is 31.5 Å². The largest absolute Gasteiger partial charge is 0.298 e. The second-order valence-corrected chi connectivity index (χ2v) is 6.34. The van der Waals surface area contributed by atoms with Crippen molar-refractivity contribution >= 4 is 37.6 Å². The van der Waals surface area contributed by atoms with Crippen LogP contribution in [0, 0.1) is 16.7 Å². The summed E-state index contributed by atoms with van der Waals surface area (Å²) in [5, 5.41) is 0.939. The zero-order valence-corrected chi connectivity index (χ0v) is 11.1. The molecule has 2 aliphatic rings. The quantitative estimate of drug-likeness (QED) is 0.680. The lowest BCUT2D eigenvalue weighted by Gasteiger charge is -2.34. The van der Waals surface area contributed by atoms with E-state index in [1.54, 1.807) is 0 Å². The number of Topliss-reactive ketones (excluding diaryl/α,β-unsaturated/α-hetero) is 1. The molecule has 3 heteroatoms. The summed E-state index contributed by atoms with van der Waals surface area (Å²) in [6.45, 7) is 4.39. The van der Waals surface area contributed by atoms with Crippen LogP contribution in [0.3, 0.4) is 0 Å². The molecule has 74 valence electrons. The van der Waals surface area contributed by atoms with Crippen LogP contribution in [-0.4, -0.2) is 15.9 Å². The third-order valence-corrected chi connectivity index (χ3v) is 6.68. The van der Waals surface area contributed by atoms with Crippen LogP contribution in [0.1, 0.15) is 26.7 Å². The molecule has 2 rings (SSSR count). The molecule has 0 amide bonds. The third-order valence-electron chi connectivity index (χ3n) is 4.46. The number of fused-ring (bicyclic) bond motifs is 2. The maximum Gasteiger partial charge on any atom is 0.153 e. The minimum absolute atomic E-state index is 0.0880. The maximum atomic E-state index is 12.0. The summed E-state index contributed by atoms with van der Waals surface area (Å²) in [6, 6.07) is 0. The van der Waals surface area contributed by atoms with Gasteiger partial charge in [-0.1, -0.05) is 45.7 Å². The van der Waals surface area contributed by atoms with E-state index < -0.39 is 0 Å². The highest BCUT2D eigenvalue weighted by atomic mass is 79.9. The van der Waals surface area contributed by atoms with E-state index in [1.165, 1.54) is 6.42 Å². The second kappa shape index (κ2) is 2.82. The number of ketones is 1. The molecule has 2 bridgehead atoms. The van der Waals surface area contributed by atoms with Crippen molar-refractivity contribution in [3.8, 4) is 0 Å². The van der Waals surface area contributed by atoms with Gasteiger partial charge in [-0.05, 0) is 24.2 Å². The smallest absolute Gasteiger partial charge is 0.153 e. The Morgan fingerprint density at radius 3 is 2.46 bits per heavy atom. The van der Waals surface area contributed by atoms with E-state index in [-0.39, 0.29) is 15.7 Å². The van der Waals surface area contributed by atoms with Crippen LogP contribution in [0.5, 0.6) is 0 Å². The molecular formula is C10H14Br2O. The first kappa shape index (κ1) is 10.2. The predicted octanol–water partition coefficient (Wildman–Crippen LogP) is 3.15. The van der Waals surface area contributed by atoms with Crippen LogP contribution in [0.25, 0.3) is 0 Å². The van der Waals surface area contributed by atoms with Crippen molar-refractivity contribution in [3.05, 3.63) is 0 Å². The van der Waals surface area contributed by atoms with E-state index in [9.17, 15) is 4.79 Å². The average molecular weight is 310 g/mol. The molecule has 0 aromatic carbocycles. The molecule has 0 heterocycles. The molecule has 2 saturated carbocycles. The number of hydrogen-bond acceptors (Lipinski definition) is 1. The molecule has 0 saturated heterocycles. The summed E-state index contributed by atoms with van der Waals surface area (Å²) in [4.78, 5) is 12.1. The maximum absolute atomic E-state index is 12.0. The molecule has 0 N–H and O–H groups in total. The van der Waals surface area contributed by atoms with Crippen LogP contribution >= 0.6 is 31.9 Å². The van der Waals surface area contributed by atoms with Crippen LogP contribution < -0.4 is 0 Å². The molecule has 0 aromatic rings. The van der Waals surface area contributed by atoms with Crippen LogP contribution in [-0.2, 0) is 4.79 Å². The number of halogens is 2. The van der Waals surface area contributed by atoms with Crippen LogP contribution in [0.15, 0.2) is 0 Å². The van der Waals surface area contributed by atoms with Crippen LogP contribution in [0.2, 0.25) is 0 Å².